The maximum Gasteiger partial charge on any atom is 0.490 e. The molecule has 8 nitrogen and oxygen atoms in total. The van der Waals surface area contributed by atoms with Crippen LogP contribution in [0.5, 0.6) is 0 Å². The van der Waals surface area contributed by atoms with E-state index in [1.54, 1.807) is 12.1 Å². The van der Waals surface area contributed by atoms with Crippen LogP contribution in [0, 0.1) is 5.92 Å². The molecule has 184 valence electrons. The molecule has 0 aromatic heterocycles. The van der Waals surface area contributed by atoms with Crippen molar-refractivity contribution in [2.24, 2.45) is 5.92 Å². The van der Waals surface area contributed by atoms with Crippen molar-refractivity contribution in [3.63, 3.8) is 0 Å². The maximum absolute atomic E-state index is 12.4. The first-order chi connectivity index (χ1) is 16.0. The van der Waals surface area contributed by atoms with Crippen LogP contribution in [0.3, 0.4) is 0 Å². The Hall–Kier alpha value is -3.44. The number of carboxylic acids is 2. The molecule has 0 aliphatic carbocycles. The Bertz CT molecular complexity index is 1000. The third kappa shape index (κ3) is 8.49. The van der Waals surface area contributed by atoms with Crippen LogP contribution in [0.4, 0.5) is 18.9 Å². The highest BCUT2D eigenvalue weighted by Crippen LogP contribution is 2.20. The number of nitrogens with zero attached hydrogens (tertiary/aromatic N) is 1. The zero-order chi connectivity index (χ0) is 25.3. The Kier molecular flexibility index (Phi) is 9.58. The second kappa shape index (κ2) is 12.1. The SMILES string of the molecule is O=C(O)C(F)(F)F.O=C(O)c1cccc(C(=O)Nc2cccc(CN3CCC(CO)CC3)c2)c1. The molecule has 1 heterocycles. The van der Waals surface area contributed by atoms with Crippen LogP contribution in [-0.4, -0.2) is 63.9 Å². The summed E-state index contributed by atoms with van der Waals surface area (Å²) in [6.07, 6.45) is -3.07. The van der Waals surface area contributed by atoms with E-state index in [1.165, 1.54) is 12.1 Å². The second-order valence-corrected chi connectivity index (χ2v) is 7.75. The number of aliphatic hydroxyl groups is 1. The summed E-state index contributed by atoms with van der Waals surface area (Å²) < 4.78 is 31.7. The number of benzene rings is 2. The van der Waals surface area contributed by atoms with Crippen LogP contribution < -0.4 is 5.32 Å². The summed E-state index contributed by atoms with van der Waals surface area (Å²) in [6.45, 7) is 2.99. The maximum atomic E-state index is 12.4. The highest BCUT2D eigenvalue weighted by atomic mass is 19.4. The van der Waals surface area contributed by atoms with E-state index >= 15 is 0 Å². The van der Waals surface area contributed by atoms with Gasteiger partial charge in [0.05, 0.1) is 5.56 Å². The smallest absolute Gasteiger partial charge is 0.478 e. The van der Waals surface area contributed by atoms with E-state index in [0.717, 1.165) is 38.0 Å². The van der Waals surface area contributed by atoms with Gasteiger partial charge in [-0.3, -0.25) is 9.69 Å². The summed E-state index contributed by atoms with van der Waals surface area (Å²) in [6, 6.07) is 13.7. The number of hydrogen-bond donors (Lipinski definition) is 4. The average molecular weight is 482 g/mol. The minimum absolute atomic E-state index is 0.0858. The van der Waals surface area contributed by atoms with Crippen molar-refractivity contribution < 1.29 is 42.9 Å². The second-order valence-electron chi connectivity index (χ2n) is 7.75. The first kappa shape index (κ1) is 26.8. The van der Waals surface area contributed by atoms with Crippen LogP contribution >= 0.6 is 0 Å². The molecule has 0 spiro atoms. The summed E-state index contributed by atoms with van der Waals surface area (Å²) in [4.78, 5) is 34.7. The van der Waals surface area contributed by atoms with Crippen molar-refractivity contribution in [1.82, 2.24) is 4.90 Å². The standard InChI is InChI=1S/C21H24N2O4.C2HF3O2/c24-14-15-7-9-23(10-8-15)13-16-3-1-6-19(11-16)22-20(25)17-4-2-5-18(12-17)21(26)27;3-2(4,5)1(6)7/h1-6,11-12,15,24H,7-10,13-14H2,(H,22,25)(H,26,27);(H,6,7). The molecule has 1 aliphatic heterocycles. The van der Waals surface area contributed by atoms with Gasteiger partial charge in [-0.05, 0) is 67.7 Å². The number of aliphatic hydroxyl groups excluding tert-OH is 1. The monoisotopic (exact) mass is 482 g/mol. The summed E-state index contributed by atoms with van der Waals surface area (Å²) in [5.74, 6) is -3.74. The lowest BCUT2D eigenvalue weighted by Gasteiger charge is -2.31. The van der Waals surface area contributed by atoms with Crippen molar-refractivity contribution in [1.29, 1.82) is 0 Å². The van der Waals surface area contributed by atoms with Crippen molar-refractivity contribution in [2.45, 2.75) is 25.6 Å². The largest absolute Gasteiger partial charge is 0.490 e. The number of anilines is 1. The first-order valence-electron chi connectivity index (χ1n) is 10.4. The number of aromatic carboxylic acids is 1. The summed E-state index contributed by atoms with van der Waals surface area (Å²) in [5, 5.41) is 28.3. The lowest BCUT2D eigenvalue weighted by Crippen LogP contribution is -2.34. The molecular formula is C23H25F3N2O6. The normalized spacial score (nSPS) is 14.6. The Morgan fingerprint density at radius 3 is 2.12 bits per heavy atom. The molecule has 0 bridgehead atoms. The molecule has 0 saturated carbocycles. The third-order valence-corrected chi connectivity index (χ3v) is 5.17. The molecule has 0 unspecified atom stereocenters. The fraction of sp³-hybridized carbons (Fsp3) is 0.348. The predicted octanol–water partition coefficient (Wildman–Crippen LogP) is 3.47. The number of amides is 1. The zero-order valence-electron chi connectivity index (χ0n) is 18.1. The predicted molar refractivity (Wildman–Crippen MR) is 117 cm³/mol. The van der Waals surface area contributed by atoms with Crippen LogP contribution in [-0.2, 0) is 11.3 Å². The lowest BCUT2D eigenvalue weighted by molar-refractivity contribution is -0.192. The number of carbonyl (C=O) groups is 3. The molecule has 2 aromatic rings. The molecule has 1 aliphatic rings. The Labute approximate surface area is 193 Å². The quantitative estimate of drug-likeness (QED) is 0.497. The van der Waals surface area contributed by atoms with Gasteiger partial charge in [0.2, 0.25) is 0 Å². The van der Waals surface area contributed by atoms with Crippen LogP contribution in [0.25, 0.3) is 0 Å². The molecule has 1 amide bonds. The van der Waals surface area contributed by atoms with E-state index in [9.17, 15) is 27.9 Å². The van der Waals surface area contributed by atoms with Gasteiger partial charge in [0.1, 0.15) is 0 Å². The number of likely N-dealkylation sites (tertiary alicyclic amines) is 1. The van der Waals surface area contributed by atoms with Gasteiger partial charge in [-0.1, -0.05) is 18.2 Å². The number of piperidine rings is 1. The lowest BCUT2D eigenvalue weighted by atomic mass is 9.97. The number of halogens is 3. The fourth-order valence-electron chi connectivity index (χ4n) is 3.33. The molecule has 4 N–H and O–H groups in total. The molecule has 1 fully saturated rings. The molecule has 11 heteroatoms. The topological polar surface area (TPSA) is 127 Å². The van der Waals surface area contributed by atoms with Crippen molar-refractivity contribution in [3.8, 4) is 0 Å². The van der Waals surface area contributed by atoms with Gasteiger partial charge in [-0.25, -0.2) is 9.59 Å². The van der Waals surface area contributed by atoms with Gasteiger partial charge in [0, 0.05) is 24.4 Å². The Morgan fingerprint density at radius 1 is 0.971 bits per heavy atom. The van der Waals surface area contributed by atoms with Gasteiger partial charge in [0.15, 0.2) is 0 Å². The number of alkyl halides is 3. The third-order valence-electron chi connectivity index (χ3n) is 5.17. The van der Waals surface area contributed by atoms with Gasteiger partial charge in [0.25, 0.3) is 5.91 Å². The number of hydrogen-bond acceptors (Lipinski definition) is 5. The number of carboxylic acid groups (broad SMARTS) is 2. The van der Waals surface area contributed by atoms with Crippen LogP contribution in [0.1, 0.15) is 39.1 Å². The van der Waals surface area contributed by atoms with Crippen LogP contribution in [0.15, 0.2) is 48.5 Å². The molecule has 0 radical (unpaired) electrons. The number of rotatable bonds is 6. The average Bonchev–Trinajstić information content (AvgIpc) is 2.79. The van der Waals surface area contributed by atoms with E-state index in [0.29, 0.717) is 17.2 Å². The fourth-order valence-corrected chi connectivity index (χ4v) is 3.33. The highest BCUT2D eigenvalue weighted by Gasteiger charge is 2.38. The van der Waals surface area contributed by atoms with E-state index in [2.05, 4.69) is 10.2 Å². The number of nitrogens with one attached hydrogen (secondary N) is 1. The molecule has 1 saturated heterocycles. The molecule has 3 rings (SSSR count). The van der Waals surface area contributed by atoms with Crippen molar-refractivity contribution in [2.75, 3.05) is 25.0 Å². The molecule has 34 heavy (non-hydrogen) atoms. The van der Waals surface area contributed by atoms with Crippen molar-refractivity contribution >= 4 is 23.5 Å². The van der Waals surface area contributed by atoms with Gasteiger partial charge >= 0.3 is 18.1 Å². The van der Waals surface area contributed by atoms with E-state index in [-0.39, 0.29) is 18.1 Å². The summed E-state index contributed by atoms with van der Waals surface area (Å²) >= 11 is 0. The molecule has 2 aromatic carbocycles. The van der Waals surface area contributed by atoms with Gasteiger partial charge in [-0.2, -0.15) is 13.2 Å². The minimum Gasteiger partial charge on any atom is -0.478 e. The highest BCUT2D eigenvalue weighted by molar-refractivity contribution is 6.05. The van der Waals surface area contributed by atoms with E-state index in [1.807, 2.05) is 24.3 Å². The van der Waals surface area contributed by atoms with E-state index < -0.39 is 18.1 Å². The van der Waals surface area contributed by atoms with Gasteiger partial charge in [-0.15, -0.1) is 0 Å². The summed E-state index contributed by atoms with van der Waals surface area (Å²) in [5.41, 5.74) is 2.19. The van der Waals surface area contributed by atoms with Gasteiger partial charge < -0.3 is 20.6 Å². The van der Waals surface area contributed by atoms with E-state index in [4.69, 9.17) is 15.0 Å². The minimum atomic E-state index is -5.08. The summed E-state index contributed by atoms with van der Waals surface area (Å²) in [7, 11) is 0. The van der Waals surface area contributed by atoms with Crippen LogP contribution in [0.2, 0.25) is 0 Å². The van der Waals surface area contributed by atoms with Crippen molar-refractivity contribution in [3.05, 3.63) is 65.2 Å². The first-order valence-corrected chi connectivity index (χ1v) is 10.4. The molecular weight excluding hydrogens is 457 g/mol. The Balaban J connectivity index is 0.000000509. The Morgan fingerprint density at radius 2 is 1.56 bits per heavy atom. The zero-order valence-corrected chi connectivity index (χ0v) is 18.1. The number of carbonyl (C=O) groups excluding carboxylic acids is 1. The molecule has 0 atom stereocenters. The number of aliphatic carboxylic acids is 1.